The Kier molecular flexibility index (Phi) is 5.30. The Balaban J connectivity index is 3.24. The number of rotatable bonds is 6. The van der Waals surface area contributed by atoms with Gasteiger partial charge in [0, 0.05) is 12.8 Å². The largest absolute Gasteiger partial charge is 0.468 e. The molecule has 0 amide bonds. The zero-order valence-corrected chi connectivity index (χ0v) is 12.9. The second kappa shape index (κ2) is 6.37. The van der Waals surface area contributed by atoms with E-state index in [1.165, 1.54) is 7.11 Å². The number of sulfone groups is 1. The molecule has 20 heavy (non-hydrogen) atoms. The summed E-state index contributed by atoms with van der Waals surface area (Å²) in [6.07, 6.45) is 1.25. The Morgan fingerprint density at radius 3 is 2.25 bits per heavy atom. The van der Waals surface area contributed by atoms with Gasteiger partial charge in [-0.1, -0.05) is 29.8 Å². The fraction of sp³-hybridized carbons (Fsp3) is 0.500. The molecule has 0 spiro atoms. The van der Waals surface area contributed by atoms with Crippen LogP contribution in [0.15, 0.2) is 24.3 Å². The molecule has 0 aliphatic heterocycles. The number of carbonyl (C=O) groups excluding carboxylic acids is 1. The highest BCUT2D eigenvalue weighted by Crippen LogP contribution is 2.29. The zero-order valence-electron chi connectivity index (χ0n) is 12.0. The molecular formula is C14H21NO4S. The average Bonchev–Trinajstić information content (AvgIpc) is 2.40. The number of hydrogen-bond donors (Lipinski definition) is 1. The number of hydrogen-bond acceptors (Lipinski definition) is 5. The van der Waals surface area contributed by atoms with Crippen LogP contribution in [-0.2, 0) is 24.8 Å². The molecule has 0 bridgehead atoms. The molecule has 0 aromatic heterocycles. The van der Waals surface area contributed by atoms with Crippen LogP contribution in [0.4, 0.5) is 0 Å². The third kappa shape index (κ3) is 3.80. The van der Waals surface area contributed by atoms with E-state index in [0.717, 1.165) is 11.8 Å². The van der Waals surface area contributed by atoms with Crippen molar-refractivity contribution in [1.29, 1.82) is 0 Å². The third-order valence-electron chi connectivity index (χ3n) is 3.43. The summed E-state index contributed by atoms with van der Waals surface area (Å²) in [5, 5.41) is 0. The molecule has 5 nitrogen and oxygen atoms in total. The summed E-state index contributed by atoms with van der Waals surface area (Å²) in [6, 6.07) is 7.31. The summed E-state index contributed by atoms with van der Waals surface area (Å²) in [6.45, 7) is 1.93. The van der Waals surface area contributed by atoms with Gasteiger partial charge in [0.1, 0.15) is 15.3 Å². The predicted octanol–water partition coefficient (Wildman–Crippen LogP) is 0.799. The number of methoxy groups -OCH3 is 1. The number of benzene rings is 1. The molecule has 0 radical (unpaired) electrons. The van der Waals surface area contributed by atoms with Crippen molar-refractivity contribution >= 4 is 15.8 Å². The van der Waals surface area contributed by atoms with Crippen LogP contribution in [0.5, 0.6) is 0 Å². The van der Waals surface area contributed by atoms with Crippen molar-refractivity contribution in [2.45, 2.75) is 18.8 Å². The topological polar surface area (TPSA) is 86.5 Å². The summed E-state index contributed by atoms with van der Waals surface area (Å²) in [7, 11) is -1.91. The highest BCUT2D eigenvalue weighted by atomic mass is 32.2. The Morgan fingerprint density at radius 2 is 1.85 bits per heavy atom. The fourth-order valence-corrected chi connectivity index (χ4v) is 2.81. The third-order valence-corrected chi connectivity index (χ3v) is 4.37. The molecular weight excluding hydrogens is 278 g/mol. The molecule has 112 valence electrons. The molecule has 1 aromatic rings. The summed E-state index contributed by atoms with van der Waals surface area (Å²) in [5.74, 6) is -0.625. The van der Waals surface area contributed by atoms with Crippen LogP contribution < -0.4 is 5.73 Å². The second-order valence-electron chi connectivity index (χ2n) is 5.02. The van der Waals surface area contributed by atoms with Crippen LogP contribution in [0.25, 0.3) is 0 Å². The van der Waals surface area contributed by atoms with Crippen molar-refractivity contribution in [3.63, 3.8) is 0 Å². The number of esters is 1. The second-order valence-corrected chi connectivity index (χ2v) is 7.28. The van der Waals surface area contributed by atoms with Crippen LogP contribution in [-0.4, -0.2) is 40.1 Å². The van der Waals surface area contributed by atoms with E-state index in [1.807, 2.05) is 19.1 Å². The van der Waals surface area contributed by atoms with Gasteiger partial charge in [-0.2, -0.15) is 0 Å². The lowest BCUT2D eigenvalue weighted by molar-refractivity contribution is -0.147. The molecule has 0 heterocycles. The van der Waals surface area contributed by atoms with Gasteiger partial charge in [-0.3, -0.25) is 4.79 Å². The van der Waals surface area contributed by atoms with Crippen LogP contribution in [0.2, 0.25) is 0 Å². The molecule has 1 rings (SSSR count). The van der Waals surface area contributed by atoms with Crippen molar-refractivity contribution in [2.24, 2.45) is 5.73 Å². The lowest BCUT2D eigenvalue weighted by Crippen LogP contribution is -2.45. The molecule has 2 N–H and O–H groups in total. The normalized spacial score (nSPS) is 14.6. The Labute approximate surface area is 120 Å². The lowest BCUT2D eigenvalue weighted by atomic mass is 9.78. The highest BCUT2D eigenvalue weighted by Gasteiger charge is 2.40. The van der Waals surface area contributed by atoms with Crippen molar-refractivity contribution in [3.05, 3.63) is 35.4 Å². The van der Waals surface area contributed by atoms with Crippen LogP contribution in [0, 0.1) is 6.92 Å². The molecule has 1 unspecified atom stereocenters. The van der Waals surface area contributed by atoms with Gasteiger partial charge in [0.05, 0.1) is 12.9 Å². The molecule has 1 aromatic carbocycles. The van der Waals surface area contributed by atoms with Gasteiger partial charge in [0.2, 0.25) is 0 Å². The van der Waals surface area contributed by atoms with Crippen LogP contribution in [0.1, 0.15) is 17.5 Å². The van der Waals surface area contributed by atoms with Crippen molar-refractivity contribution in [2.75, 3.05) is 25.7 Å². The predicted molar refractivity (Wildman–Crippen MR) is 78.3 cm³/mol. The number of ether oxygens (including phenoxy) is 1. The first-order chi connectivity index (χ1) is 9.25. The van der Waals surface area contributed by atoms with Crippen molar-refractivity contribution < 1.29 is 17.9 Å². The first-order valence-corrected chi connectivity index (χ1v) is 8.34. The van der Waals surface area contributed by atoms with Gasteiger partial charge in [0.25, 0.3) is 0 Å². The molecule has 0 saturated carbocycles. The van der Waals surface area contributed by atoms with Crippen LogP contribution in [0.3, 0.4) is 0 Å². The fourth-order valence-electron chi connectivity index (χ4n) is 2.10. The summed E-state index contributed by atoms with van der Waals surface area (Å²) >= 11 is 0. The first-order valence-electron chi connectivity index (χ1n) is 6.28. The number of carbonyl (C=O) groups is 1. The van der Waals surface area contributed by atoms with Gasteiger partial charge in [-0.15, -0.1) is 0 Å². The van der Waals surface area contributed by atoms with Crippen molar-refractivity contribution in [1.82, 2.24) is 0 Å². The maximum Gasteiger partial charge on any atom is 0.317 e. The van der Waals surface area contributed by atoms with Gasteiger partial charge in [-0.05, 0) is 18.9 Å². The smallest absolute Gasteiger partial charge is 0.317 e. The van der Waals surface area contributed by atoms with E-state index in [4.69, 9.17) is 10.5 Å². The minimum Gasteiger partial charge on any atom is -0.468 e. The summed E-state index contributed by atoms with van der Waals surface area (Å²) < 4.78 is 27.6. The molecule has 0 fully saturated rings. The minimum atomic E-state index is -3.19. The Hall–Kier alpha value is -1.40. The van der Waals surface area contributed by atoms with E-state index < -0.39 is 21.2 Å². The molecule has 1 atom stereocenters. The standard InChI is InChI=1S/C14H21NO4S/c1-11-4-6-12(7-5-11)14(10-15,13(16)19-2)8-9-20(3,17)18/h4-7H,8-10,15H2,1-3H3. The first kappa shape index (κ1) is 16.7. The zero-order chi connectivity index (χ0) is 15.4. The van der Waals surface area contributed by atoms with E-state index in [2.05, 4.69) is 0 Å². The number of aryl methyl sites for hydroxylation is 1. The van der Waals surface area contributed by atoms with E-state index in [0.29, 0.717) is 5.56 Å². The maximum absolute atomic E-state index is 12.2. The van der Waals surface area contributed by atoms with E-state index >= 15 is 0 Å². The van der Waals surface area contributed by atoms with E-state index in [-0.39, 0.29) is 18.7 Å². The highest BCUT2D eigenvalue weighted by molar-refractivity contribution is 7.90. The quantitative estimate of drug-likeness (QED) is 0.785. The molecule has 0 saturated heterocycles. The molecule has 0 aliphatic carbocycles. The Morgan fingerprint density at radius 1 is 1.30 bits per heavy atom. The average molecular weight is 299 g/mol. The lowest BCUT2D eigenvalue weighted by Gasteiger charge is -2.30. The minimum absolute atomic E-state index is 0.00173. The molecule has 6 heteroatoms. The summed E-state index contributed by atoms with van der Waals surface area (Å²) in [4.78, 5) is 12.2. The van der Waals surface area contributed by atoms with E-state index in [1.54, 1.807) is 12.1 Å². The maximum atomic E-state index is 12.2. The Bertz CT molecular complexity index is 565. The SMILES string of the molecule is COC(=O)C(CN)(CCS(C)(=O)=O)c1ccc(C)cc1. The van der Waals surface area contributed by atoms with Crippen LogP contribution >= 0.6 is 0 Å². The monoisotopic (exact) mass is 299 g/mol. The van der Waals surface area contributed by atoms with Gasteiger partial charge in [0.15, 0.2) is 0 Å². The summed E-state index contributed by atoms with van der Waals surface area (Å²) in [5.41, 5.74) is 6.40. The van der Waals surface area contributed by atoms with Gasteiger partial charge in [-0.25, -0.2) is 8.42 Å². The van der Waals surface area contributed by atoms with Crippen molar-refractivity contribution in [3.8, 4) is 0 Å². The van der Waals surface area contributed by atoms with Gasteiger partial charge >= 0.3 is 5.97 Å². The van der Waals surface area contributed by atoms with E-state index in [9.17, 15) is 13.2 Å². The van der Waals surface area contributed by atoms with Gasteiger partial charge < -0.3 is 10.5 Å². The molecule has 0 aliphatic rings. The number of nitrogens with two attached hydrogens (primary N) is 1.